The van der Waals surface area contributed by atoms with Crippen molar-refractivity contribution in [3.63, 3.8) is 0 Å². The summed E-state index contributed by atoms with van der Waals surface area (Å²) in [5, 5.41) is 2.82. The molecule has 0 bridgehead atoms. The molecule has 0 saturated heterocycles. The Hall–Kier alpha value is -2.38. The molecule has 0 heterocycles. The molecule has 0 atom stereocenters. The van der Waals surface area contributed by atoms with Crippen LogP contribution in [0.2, 0.25) is 0 Å². The standard InChI is InChI=1S/C19H24N2O4S/c1-3-13-20-26(23,24)17-11-9-16(10-12-17)25-14-19(22)21-18-8-6-5-7-15(18)4-2/h5-12,20H,3-4,13-14H2,1-2H3,(H,21,22). The number of anilines is 1. The van der Waals surface area contributed by atoms with Crippen molar-refractivity contribution in [1.29, 1.82) is 0 Å². The minimum Gasteiger partial charge on any atom is -0.484 e. The van der Waals surface area contributed by atoms with E-state index in [-0.39, 0.29) is 17.4 Å². The number of nitrogens with one attached hydrogen (secondary N) is 2. The van der Waals surface area contributed by atoms with Crippen LogP contribution in [-0.4, -0.2) is 27.5 Å². The lowest BCUT2D eigenvalue weighted by Gasteiger charge is -2.11. The summed E-state index contributed by atoms with van der Waals surface area (Å²) in [7, 11) is -3.50. The Morgan fingerprint density at radius 1 is 1.04 bits per heavy atom. The van der Waals surface area contributed by atoms with E-state index >= 15 is 0 Å². The lowest BCUT2D eigenvalue weighted by molar-refractivity contribution is -0.118. The highest BCUT2D eigenvalue weighted by Crippen LogP contribution is 2.17. The number of sulfonamides is 1. The molecule has 6 nitrogen and oxygen atoms in total. The van der Waals surface area contributed by atoms with Crippen LogP contribution in [0.15, 0.2) is 53.4 Å². The largest absolute Gasteiger partial charge is 0.484 e. The van der Waals surface area contributed by atoms with E-state index in [2.05, 4.69) is 10.0 Å². The molecule has 2 aromatic carbocycles. The lowest BCUT2D eigenvalue weighted by Crippen LogP contribution is -2.24. The van der Waals surface area contributed by atoms with Crippen LogP contribution in [0.25, 0.3) is 0 Å². The Labute approximate surface area is 154 Å². The van der Waals surface area contributed by atoms with Crippen molar-refractivity contribution in [2.75, 3.05) is 18.5 Å². The molecule has 0 aromatic heterocycles. The van der Waals surface area contributed by atoms with Crippen LogP contribution < -0.4 is 14.8 Å². The molecule has 0 unspecified atom stereocenters. The van der Waals surface area contributed by atoms with Gasteiger partial charge in [-0.1, -0.05) is 32.0 Å². The summed E-state index contributed by atoms with van der Waals surface area (Å²) in [5.74, 6) is 0.158. The zero-order chi connectivity index (χ0) is 19.0. The van der Waals surface area contributed by atoms with Crippen molar-refractivity contribution in [2.24, 2.45) is 0 Å². The molecule has 2 aromatic rings. The van der Waals surface area contributed by atoms with Crippen LogP contribution in [0.5, 0.6) is 5.75 Å². The molecule has 140 valence electrons. The summed E-state index contributed by atoms with van der Waals surface area (Å²) in [5.41, 5.74) is 1.82. The van der Waals surface area contributed by atoms with Crippen LogP contribution in [0.3, 0.4) is 0 Å². The van der Waals surface area contributed by atoms with Crippen LogP contribution in [0, 0.1) is 0 Å². The highest BCUT2D eigenvalue weighted by atomic mass is 32.2. The Balaban J connectivity index is 1.92. The van der Waals surface area contributed by atoms with Gasteiger partial charge in [-0.2, -0.15) is 0 Å². The van der Waals surface area contributed by atoms with E-state index in [1.54, 1.807) is 0 Å². The van der Waals surface area contributed by atoms with Crippen molar-refractivity contribution in [2.45, 2.75) is 31.6 Å². The van der Waals surface area contributed by atoms with Crippen molar-refractivity contribution in [3.05, 3.63) is 54.1 Å². The Bertz CT molecular complexity index is 833. The van der Waals surface area contributed by atoms with Gasteiger partial charge in [0.2, 0.25) is 10.0 Å². The Morgan fingerprint density at radius 3 is 2.38 bits per heavy atom. The Morgan fingerprint density at radius 2 is 1.73 bits per heavy atom. The first kappa shape index (κ1) is 19.9. The molecule has 0 aliphatic carbocycles. The van der Waals surface area contributed by atoms with Gasteiger partial charge in [-0.3, -0.25) is 4.79 Å². The van der Waals surface area contributed by atoms with Gasteiger partial charge in [-0.05, 0) is 48.7 Å². The molecule has 0 fully saturated rings. The van der Waals surface area contributed by atoms with Crippen molar-refractivity contribution < 1.29 is 17.9 Å². The van der Waals surface area contributed by atoms with Gasteiger partial charge < -0.3 is 10.1 Å². The van der Waals surface area contributed by atoms with Gasteiger partial charge in [0.15, 0.2) is 6.61 Å². The number of aryl methyl sites for hydroxylation is 1. The van der Waals surface area contributed by atoms with E-state index in [1.165, 1.54) is 24.3 Å². The van der Waals surface area contributed by atoms with Crippen LogP contribution in [0.4, 0.5) is 5.69 Å². The van der Waals surface area contributed by atoms with E-state index in [0.717, 1.165) is 24.1 Å². The molecule has 0 spiro atoms. The first-order valence-corrected chi connectivity index (χ1v) is 10.0. The van der Waals surface area contributed by atoms with Gasteiger partial charge in [0.05, 0.1) is 4.90 Å². The molecule has 1 amide bonds. The minimum atomic E-state index is -3.50. The minimum absolute atomic E-state index is 0.155. The number of hydrogen-bond donors (Lipinski definition) is 2. The number of rotatable bonds is 9. The quantitative estimate of drug-likeness (QED) is 0.705. The highest BCUT2D eigenvalue weighted by molar-refractivity contribution is 7.89. The predicted octanol–water partition coefficient (Wildman–Crippen LogP) is 2.95. The SMILES string of the molecule is CCCNS(=O)(=O)c1ccc(OCC(=O)Nc2ccccc2CC)cc1. The van der Waals surface area contributed by atoms with E-state index in [0.29, 0.717) is 12.3 Å². The van der Waals surface area contributed by atoms with E-state index in [1.807, 2.05) is 38.1 Å². The number of ether oxygens (including phenoxy) is 1. The molecule has 0 radical (unpaired) electrons. The molecular formula is C19H24N2O4S. The number of para-hydroxylation sites is 1. The fraction of sp³-hybridized carbons (Fsp3) is 0.316. The predicted molar refractivity (Wildman–Crippen MR) is 102 cm³/mol. The van der Waals surface area contributed by atoms with Crippen LogP contribution in [-0.2, 0) is 21.2 Å². The van der Waals surface area contributed by atoms with Crippen molar-refractivity contribution in [1.82, 2.24) is 4.72 Å². The third-order valence-electron chi connectivity index (χ3n) is 3.72. The number of benzene rings is 2. The van der Waals surface area contributed by atoms with Crippen LogP contribution in [0.1, 0.15) is 25.8 Å². The zero-order valence-electron chi connectivity index (χ0n) is 15.0. The highest BCUT2D eigenvalue weighted by Gasteiger charge is 2.13. The average molecular weight is 376 g/mol. The Kier molecular flexibility index (Phi) is 7.17. The van der Waals surface area contributed by atoms with Crippen molar-refractivity contribution in [3.8, 4) is 5.75 Å². The zero-order valence-corrected chi connectivity index (χ0v) is 15.8. The van der Waals surface area contributed by atoms with Crippen LogP contribution >= 0.6 is 0 Å². The summed E-state index contributed by atoms with van der Waals surface area (Å²) >= 11 is 0. The van der Waals surface area contributed by atoms with E-state index in [4.69, 9.17) is 4.74 Å². The number of hydrogen-bond acceptors (Lipinski definition) is 4. The maximum atomic E-state index is 12.1. The molecular weight excluding hydrogens is 352 g/mol. The van der Waals surface area contributed by atoms with Gasteiger partial charge in [-0.15, -0.1) is 0 Å². The topological polar surface area (TPSA) is 84.5 Å². The molecule has 7 heteroatoms. The monoisotopic (exact) mass is 376 g/mol. The summed E-state index contributed by atoms with van der Waals surface area (Å²) in [4.78, 5) is 12.2. The van der Waals surface area contributed by atoms with Gasteiger partial charge >= 0.3 is 0 Å². The summed E-state index contributed by atoms with van der Waals surface area (Å²) in [6.07, 6.45) is 1.54. The fourth-order valence-corrected chi connectivity index (χ4v) is 3.45. The molecule has 26 heavy (non-hydrogen) atoms. The molecule has 0 aliphatic rings. The van der Waals surface area contributed by atoms with Crippen molar-refractivity contribution >= 4 is 21.6 Å². The first-order valence-electron chi connectivity index (χ1n) is 8.56. The van der Waals surface area contributed by atoms with Gasteiger partial charge in [0.25, 0.3) is 5.91 Å². The van der Waals surface area contributed by atoms with Gasteiger partial charge in [0, 0.05) is 12.2 Å². The third-order valence-corrected chi connectivity index (χ3v) is 5.20. The molecule has 2 rings (SSSR count). The van der Waals surface area contributed by atoms with E-state index < -0.39 is 10.0 Å². The normalized spacial score (nSPS) is 11.2. The average Bonchev–Trinajstić information content (AvgIpc) is 2.65. The second kappa shape index (κ2) is 9.35. The summed E-state index contributed by atoms with van der Waals surface area (Å²) < 4.78 is 32.0. The second-order valence-corrected chi connectivity index (χ2v) is 7.48. The summed E-state index contributed by atoms with van der Waals surface area (Å²) in [6, 6.07) is 13.6. The molecule has 0 saturated carbocycles. The first-order chi connectivity index (χ1) is 12.5. The number of amides is 1. The van der Waals surface area contributed by atoms with E-state index in [9.17, 15) is 13.2 Å². The maximum absolute atomic E-state index is 12.1. The lowest BCUT2D eigenvalue weighted by atomic mass is 10.1. The maximum Gasteiger partial charge on any atom is 0.262 e. The molecule has 2 N–H and O–H groups in total. The smallest absolute Gasteiger partial charge is 0.262 e. The molecule has 0 aliphatic heterocycles. The second-order valence-electron chi connectivity index (χ2n) is 5.72. The number of carbonyl (C=O) groups is 1. The third kappa shape index (κ3) is 5.57. The van der Waals surface area contributed by atoms with Gasteiger partial charge in [0.1, 0.15) is 5.75 Å². The summed E-state index contributed by atoms with van der Waals surface area (Å²) in [6.45, 7) is 4.15. The fourth-order valence-electron chi connectivity index (χ4n) is 2.32. The number of carbonyl (C=O) groups excluding carboxylic acids is 1. The van der Waals surface area contributed by atoms with Gasteiger partial charge in [-0.25, -0.2) is 13.1 Å².